The van der Waals surface area contributed by atoms with Crippen molar-refractivity contribution in [3.05, 3.63) is 67.5 Å². The van der Waals surface area contributed by atoms with Gasteiger partial charge in [-0.05, 0) is 48.9 Å². The van der Waals surface area contributed by atoms with Crippen molar-refractivity contribution in [2.75, 3.05) is 0 Å². The number of aliphatic hydroxyl groups is 1. The summed E-state index contributed by atoms with van der Waals surface area (Å²) in [6.45, 7) is 1.16. The lowest BCUT2D eigenvalue weighted by Gasteiger charge is -2.25. The lowest BCUT2D eigenvalue weighted by molar-refractivity contribution is -0.174. The molecule has 0 amide bonds. The molecule has 0 spiro atoms. The van der Waals surface area contributed by atoms with Crippen molar-refractivity contribution in [2.24, 2.45) is 0 Å². The predicted octanol–water partition coefficient (Wildman–Crippen LogP) is 6.82. The van der Waals surface area contributed by atoms with Crippen molar-refractivity contribution < 1.29 is 18.3 Å². The Bertz CT molecular complexity index is 587. The molecular formula is C16H14Br3F3O. The molecule has 2 rings (SSSR count). The second kappa shape index (κ2) is 8.65. The molecule has 126 valence electrons. The maximum Gasteiger partial charge on any atom is 0.392 e. The van der Waals surface area contributed by atoms with Crippen LogP contribution in [0.3, 0.4) is 0 Å². The molecular weight excluding hydrogens is 505 g/mol. The first kappa shape index (κ1) is 20.7. The highest BCUT2D eigenvalue weighted by atomic mass is 79.9. The molecule has 0 aliphatic carbocycles. The number of hydrogen-bond acceptors (Lipinski definition) is 1. The third kappa shape index (κ3) is 8.33. The minimum absolute atomic E-state index is 0.253. The molecule has 1 atom stereocenters. The Balaban J connectivity index is 0.000000277. The SMILES string of the molecule is Brc1ccc(Br)cc1.CC(O)(CC(F)(F)F)c1ccc(Br)cc1. The molecule has 2 aromatic rings. The molecule has 0 saturated heterocycles. The van der Waals surface area contributed by atoms with Crippen LogP contribution in [0.4, 0.5) is 13.2 Å². The second-order valence-electron chi connectivity index (χ2n) is 5.01. The summed E-state index contributed by atoms with van der Waals surface area (Å²) in [5.74, 6) is 0. The van der Waals surface area contributed by atoms with Gasteiger partial charge in [0.1, 0.15) is 0 Å². The summed E-state index contributed by atoms with van der Waals surface area (Å²) in [5, 5.41) is 9.68. The molecule has 0 saturated carbocycles. The monoisotopic (exact) mass is 516 g/mol. The fourth-order valence-corrected chi connectivity index (χ4v) is 2.52. The second-order valence-corrected chi connectivity index (χ2v) is 7.76. The Morgan fingerprint density at radius 3 is 1.39 bits per heavy atom. The van der Waals surface area contributed by atoms with Crippen molar-refractivity contribution in [3.8, 4) is 0 Å². The van der Waals surface area contributed by atoms with Gasteiger partial charge in [0, 0.05) is 13.4 Å². The molecule has 0 heterocycles. The van der Waals surface area contributed by atoms with E-state index in [9.17, 15) is 18.3 Å². The number of rotatable bonds is 2. The van der Waals surface area contributed by atoms with Gasteiger partial charge in [0.15, 0.2) is 0 Å². The quantitative estimate of drug-likeness (QED) is 0.462. The van der Waals surface area contributed by atoms with E-state index in [1.807, 2.05) is 24.3 Å². The van der Waals surface area contributed by atoms with Gasteiger partial charge in [-0.3, -0.25) is 0 Å². The van der Waals surface area contributed by atoms with Crippen LogP contribution < -0.4 is 0 Å². The molecule has 1 unspecified atom stereocenters. The highest BCUT2D eigenvalue weighted by Crippen LogP contribution is 2.34. The molecule has 1 N–H and O–H groups in total. The third-order valence-corrected chi connectivity index (χ3v) is 4.40. The molecule has 7 heteroatoms. The van der Waals surface area contributed by atoms with Gasteiger partial charge in [-0.1, -0.05) is 59.9 Å². The van der Waals surface area contributed by atoms with Crippen LogP contribution in [0.25, 0.3) is 0 Å². The number of hydrogen-bond donors (Lipinski definition) is 1. The van der Waals surface area contributed by atoms with Gasteiger partial charge < -0.3 is 5.11 Å². The largest absolute Gasteiger partial charge is 0.392 e. The average Bonchev–Trinajstić information content (AvgIpc) is 2.41. The lowest BCUT2D eigenvalue weighted by atomic mass is 9.92. The van der Waals surface area contributed by atoms with Crippen LogP contribution in [0.1, 0.15) is 18.9 Å². The van der Waals surface area contributed by atoms with E-state index in [4.69, 9.17) is 0 Å². The van der Waals surface area contributed by atoms with Crippen LogP contribution in [0.5, 0.6) is 0 Å². The van der Waals surface area contributed by atoms with Gasteiger partial charge in [-0.15, -0.1) is 0 Å². The van der Waals surface area contributed by atoms with Crippen LogP contribution in [0.2, 0.25) is 0 Å². The average molecular weight is 519 g/mol. The van der Waals surface area contributed by atoms with Gasteiger partial charge in [-0.25, -0.2) is 0 Å². The van der Waals surface area contributed by atoms with Crippen molar-refractivity contribution in [2.45, 2.75) is 25.1 Å². The first-order chi connectivity index (χ1) is 10.5. The number of alkyl halides is 3. The molecule has 0 bridgehead atoms. The van der Waals surface area contributed by atoms with Gasteiger partial charge in [-0.2, -0.15) is 13.2 Å². The zero-order chi connectivity index (χ0) is 17.7. The zero-order valence-corrected chi connectivity index (χ0v) is 16.8. The smallest absolute Gasteiger partial charge is 0.385 e. The summed E-state index contributed by atoms with van der Waals surface area (Å²) in [5.41, 5.74) is -1.62. The van der Waals surface area contributed by atoms with Crippen molar-refractivity contribution >= 4 is 47.8 Å². The van der Waals surface area contributed by atoms with Gasteiger partial charge in [0.05, 0.1) is 12.0 Å². The summed E-state index contributed by atoms with van der Waals surface area (Å²) in [4.78, 5) is 0. The van der Waals surface area contributed by atoms with E-state index in [0.717, 1.165) is 20.3 Å². The Morgan fingerprint density at radius 2 is 1.09 bits per heavy atom. The van der Waals surface area contributed by atoms with Crippen LogP contribution in [0.15, 0.2) is 61.9 Å². The van der Waals surface area contributed by atoms with Crippen LogP contribution in [-0.2, 0) is 5.60 Å². The lowest BCUT2D eigenvalue weighted by Crippen LogP contribution is -2.28. The molecule has 0 radical (unpaired) electrons. The third-order valence-electron chi connectivity index (χ3n) is 2.81. The minimum atomic E-state index is -4.38. The fourth-order valence-electron chi connectivity index (χ4n) is 1.73. The van der Waals surface area contributed by atoms with Crippen LogP contribution in [-0.4, -0.2) is 11.3 Å². The van der Waals surface area contributed by atoms with E-state index in [1.54, 1.807) is 12.1 Å². The van der Waals surface area contributed by atoms with E-state index >= 15 is 0 Å². The first-order valence-corrected chi connectivity index (χ1v) is 8.84. The highest BCUT2D eigenvalue weighted by molar-refractivity contribution is 9.11. The number of halogens is 6. The predicted molar refractivity (Wildman–Crippen MR) is 96.2 cm³/mol. The molecule has 2 aromatic carbocycles. The summed E-state index contributed by atoms with van der Waals surface area (Å²) in [6, 6.07) is 14.1. The Labute approximate surface area is 158 Å². The molecule has 0 aromatic heterocycles. The molecule has 1 nitrogen and oxygen atoms in total. The Hall–Kier alpha value is -0.370. The summed E-state index contributed by atoms with van der Waals surface area (Å²) < 4.78 is 39.4. The fraction of sp³-hybridized carbons (Fsp3) is 0.250. The van der Waals surface area contributed by atoms with Gasteiger partial charge in [0.2, 0.25) is 0 Å². The normalized spacial score (nSPS) is 13.7. The maximum absolute atomic E-state index is 12.1. The highest BCUT2D eigenvalue weighted by Gasteiger charge is 2.39. The van der Waals surface area contributed by atoms with E-state index in [2.05, 4.69) is 47.8 Å². The van der Waals surface area contributed by atoms with E-state index in [-0.39, 0.29) is 5.56 Å². The van der Waals surface area contributed by atoms with Gasteiger partial charge in [0.25, 0.3) is 0 Å². The topological polar surface area (TPSA) is 20.2 Å². The van der Waals surface area contributed by atoms with E-state index in [1.165, 1.54) is 12.1 Å². The molecule has 0 aliphatic heterocycles. The number of benzene rings is 2. The summed E-state index contributed by atoms with van der Waals surface area (Å²) in [6.07, 6.45) is -5.63. The molecule has 0 aliphatic rings. The first-order valence-electron chi connectivity index (χ1n) is 6.46. The van der Waals surface area contributed by atoms with Crippen molar-refractivity contribution in [1.29, 1.82) is 0 Å². The van der Waals surface area contributed by atoms with E-state index in [0.29, 0.717) is 0 Å². The Morgan fingerprint density at radius 1 is 0.783 bits per heavy atom. The zero-order valence-electron chi connectivity index (χ0n) is 12.0. The molecule has 0 fully saturated rings. The molecule has 23 heavy (non-hydrogen) atoms. The van der Waals surface area contributed by atoms with Crippen LogP contribution in [0, 0.1) is 0 Å². The summed E-state index contributed by atoms with van der Waals surface area (Å²) >= 11 is 9.82. The van der Waals surface area contributed by atoms with Crippen molar-refractivity contribution in [3.63, 3.8) is 0 Å². The van der Waals surface area contributed by atoms with E-state index < -0.39 is 18.2 Å². The Kier molecular flexibility index (Phi) is 7.77. The van der Waals surface area contributed by atoms with Crippen molar-refractivity contribution in [1.82, 2.24) is 0 Å². The minimum Gasteiger partial charge on any atom is -0.385 e. The van der Waals surface area contributed by atoms with Crippen LogP contribution >= 0.6 is 47.8 Å². The summed E-state index contributed by atoms with van der Waals surface area (Å²) in [7, 11) is 0. The maximum atomic E-state index is 12.1. The standard InChI is InChI=1S/C10H10BrF3O.C6H4Br2/c1-9(15,6-10(12,13)14)7-2-4-8(11)5-3-7;7-5-1-2-6(8)4-3-5/h2-5,15H,6H2,1H3;1-4H. The van der Waals surface area contributed by atoms with Gasteiger partial charge >= 0.3 is 6.18 Å².